The van der Waals surface area contributed by atoms with Gasteiger partial charge in [-0.15, -0.1) is 0 Å². The Labute approximate surface area is 158 Å². The predicted molar refractivity (Wildman–Crippen MR) is 106 cm³/mol. The summed E-state index contributed by atoms with van der Waals surface area (Å²) in [4.78, 5) is 2.37. The minimum atomic E-state index is -0.374. The van der Waals surface area contributed by atoms with Crippen LogP contribution in [-0.2, 0) is 14.0 Å². The van der Waals surface area contributed by atoms with E-state index in [9.17, 15) is 0 Å². The van der Waals surface area contributed by atoms with Crippen LogP contribution in [0.1, 0.15) is 47.5 Å². The van der Waals surface area contributed by atoms with Crippen molar-refractivity contribution in [2.24, 2.45) is 0 Å². The summed E-state index contributed by atoms with van der Waals surface area (Å²) in [6.07, 6.45) is 2.01. The van der Waals surface area contributed by atoms with Crippen molar-refractivity contribution in [3.63, 3.8) is 0 Å². The van der Waals surface area contributed by atoms with Crippen LogP contribution in [0.2, 0.25) is 0 Å². The standard InChI is InChI=1S/C20H32BNO4/c1-18(2)19(3,4)26-21(25-18)15-8-9-16(17(14-15)23-6)22-12-10-20(5,24-7)11-13-22/h8-9,14H,10-13H2,1-7H3. The average molecular weight is 361 g/mol. The highest BCUT2D eigenvalue weighted by atomic mass is 16.7. The third kappa shape index (κ3) is 3.47. The molecule has 26 heavy (non-hydrogen) atoms. The molecule has 2 aliphatic heterocycles. The molecule has 0 bridgehead atoms. The fraction of sp³-hybridized carbons (Fsp3) is 0.700. The van der Waals surface area contributed by atoms with Crippen LogP contribution >= 0.6 is 0 Å². The molecule has 0 N–H and O–H groups in total. The van der Waals surface area contributed by atoms with Crippen LogP contribution in [0.4, 0.5) is 5.69 Å². The number of hydrogen-bond donors (Lipinski definition) is 0. The first-order valence-electron chi connectivity index (χ1n) is 9.44. The number of ether oxygens (including phenoxy) is 2. The van der Waals surface area contributed by atoms with E-state index in [1.54, 1.807) is 14.2 Å². The third-order valence-corrected chi connectivity index (χ3v) is 6.38. The van der Waals surface area contributed by atoms with Crippen molar-refractivity contribution in [2.45, 2.75) is 64.3 Å². The lowest BCUT2D eigenvalue weighted by atomic mass is 9.79. The number of methoxy groups -OCH3 is 2. The summed E-state index contributed by atoms with van der Waals surface area (Å²) in [7, 11) is 3.15. The molecule has 3 rings (SSSR count). The van der Waals surface area contributed by atoms with E-state index in [4.69, 9.17) is 18.8 Å². The first-order chi connectivity index (χ1) is 12.1. The monoisotopic (exact) mass is 361 g/mol. The van der Waals surface area contributed by atoms with E-state index in [0.29, 0.717) is 0 Å². The molecule has 6 heteroatoms. The van der Waals surface area contributed by atoms with Gasteiger partial charge in [0.25, 0.3) is 0 Å². The van der Waals surface area contributed by atoms with Gasteiger partial charge < -0.3 is 23.7 Å². The number of piperidine rings is 1. The maximum absolute atomic E-state index is 6.17. The topological polar surface area (TPSA) is 40.2 Å². The van der Waals surface area contributed by atoms with Gasteiger partial charge >= 0.3 is 7.12 Å². The quantitative estimate of drug-likeness (QED) is 0.771. The largest absolute Gasteiger partial charge is 0.495 e. The zero-order valence-electron chi connectivity index (χ0n) is 17.2. The van der Waals surface area contributed by atoms with E-state index in [1.165, 1.54) is 0 Å². The van der Waals surface area contributed by atoms with E-state index < -0.39 is 0 Å². The molecule has 2 saturated heterocycles. The van der Waals surface area contributed by atoms with Gasteiger partial charge in [0.05, 0.1) is 29.6 Å². The van der Waals surface area contributed by atoms with Gasteiger partial charge in [-0.05, 0) is 65.1 Å². The first kappa shape index (κ1) is 19.5. The highest BCUT2D eigenvalue weighted by Gasteiger charge is 2.51. The number of rotatable bonds is 4. The van der Waals surface area contributed by atoms with Crippen molar-refractivity contribution >= 4 is 18.3 Å². The summed E-state index contributed by atoms with van der Waals surface area (Å²) in [6.45, 7) is 12.4. The fourth-order valence-corrected chi connectivity index (χ4v) is 3.51. The maximum atomic E-state index is 6.17. The molecule has 0 atom stereocenters. The van der Waals surface area contributed by atoms with Crippen molar-refractivity contribution in [1.29, 1.82) is 0 Å². The van der Waals surface area contributed by atoms with E-state index in [-0.39, 0.29) is 23.9 Å². The second-order valence-corrected chi connectivity index (χ2v) is 8.66. The highest BCUT2D eigenvalue weighted by Crippen LogP contribution is 2.38. The van der Waals surface area contributed by atoms with Crippen LogP contribution in [0.15, 0.2) is 18.2 Å². The maximum Gasteiger partial charge on any atom is 0.494 e. The second kappa shape index (κ2) is 6.73. The molecule has 144 valence electrons. The van der Waals surface area contributed by atoms with Crippen LogP contribution in [0, 0.1) is 0 Å². The molecule has 0 aromatic heterocycles. The molecular formula is C20H32BNO4. The summed E-state index contributed by atoms with van der Waals surface area (Å²) in [5, 5.41) is 0. The van der Waals surface area contributed by atoms with Crippen molar-refractivity contribution in [3.05, 3.63) is 18.2 Å². The second-order valence-electron chi connectivity index (χ2n) is 8.66. The zero-order chi connectivity index (χ0) is 19.2. The van der Waals surface area contributed by atoms with E-state index in [0.717, 1.165) is 42.8 Å². The molecule has 5 nitrogen and oxygen atoms in total. The van der Waals surface area contributed by atoms with Crippen molar-refractivity contribution in [1.82, 2.24) is 0 Å². The molecule has 1 aromatic rings. The van der Waals surface area contributed by atoms with Gasteiger partial charge in [-0.1, -0.05) is 6.07 Å². The first-order valence-corrected chi connectivity index (χ1v) is 9.44. The van der Waals surface area contributed by atoms with Gasteiger partial charge in [0.1, 0.15) is 5.75 Å². The minimum absolute atomic E-state index is 0.0215. The predicted octanol–water partition coefficient (Wildman–Crippen LogP) is 3.00. The number of hydrogen-bond acceptors (Lipinski definition) is 5. The fourth-order valence-electron chi connectivity index (χ4n) is 3.51. The SMILES string of the molecule is COc1cc(B2OC(C)(C)C(C)(C)O2)ccc1N1CCC(C)(OC)CC1. The van der Waals surface area contributed by atoms with Crippen LogP contribution in [0.25, 0.3) is 0 Å². The van der Waals surface area contributed by atoms with Gasteiger partial charge in [0, 0.05) is 20.2 Å². The summed E-state index contributed by atoms with van der Waals surface area (Å²) < 4.78 is 23.7. The molecule has 0 aliphatic carbocycles. The van der Waals surface area contributed by atoms with Crippen LogP contribution < -0.4 is 15.1 Å². The Morgan fingerprint density at radius 2 is 1.54 bits per heavy atom. The summed E-state index contributed by atoms with van der Waals surface area (Å²) in [6, 6.07) is 6.25. The Bertz CT molecular complexity index is 637. The van der Waals surface area contributed by atoms with Crippen LogP contribution in [0.3, 0.4) is 0 Å². The van der Waals surface area contributed by atoms with Gasteiger partial charge in [-0.3, -0.25) is 0 Å². The normalized spacial score (nSPS) is 24.0. The van der Waals surface area contributed by atoms with Gasteiger partial charge in [-0.2, -0.15) is 0 Å². The van der Waals surface area contributed by atoms with Gasteiger partial charge in [0.2, 0.25) is 0 Å². The van der Waals surface area contributed by atoms with Gasteiger partial charge in [0.15, 0.2) is 0 Å². The lowest BCUT2D eigenvalue weighted by molar-refractivity contribution is -0.0133. The highest BCUT2D eigenvalue weighted by molar-refractivity contribution is 6.62. The average Bonchev–Trinajstić information content (AvgIpc) is 2.83. The van der Waals surface area contributed by atoms with E-state index in [1.807, 2.05) is 6.07 Å². The smallest absolute Gasteiger partial charge is 0.494 e. The Hall–Kier alpha value is -1.24. The minimum Gasteiger partial charge on any atom is -0.495 e. The molecule has 0 radical (unpaired) electrons. The van der Waals surface area contributed by atoms with Crippen LogP contribution in [-0.4, -0.2) is 51.2 Å². The van der Waals surface area contributed by atoms with Crippen molar-refractivity contribution < 1.29 is 18.8 Å². The molecular weight excluding hydrogens is 329 g/mol. The number of nitrogens with zero attached hydrogens (tertiary/aromatic N) is 1. The Kier molecular flexibility index (Phi) is 5.06. The molecule has 2 fully saturated rings. The van der Waals surface area contributed by atoms with Crippen molar-refractivity contribution in [3.8, 4) is 5.75 Å². The summed E-state index contributed by atoms with van der Waals surface area (Å²) >= 11 is 0. The molecule has 2 heterocycles. The Morgan fingerprint density at radius 1 is 0.962 bits per heavy atom. The molecule has 0 amide bonds. The van der Waals surface area contributed by atoms with Gasteiger partial charge in [-0.25, -0.2) is 0 Å². The molecule has 0 spiro atoms. The number of anilines is 1. The molecule has 1 aromatic carbocycles. The summed E-state index contributed by atoms with van der Waals surface area (Å²) in [5.74, 6) is 0.859. The Morgan fingerprint density at radius 3 is 2.04 bits per heavy atom. The molecule has 0 saturated carbocycles. The molecule has 0 unspecified atom stereocenters. The van der Waals surface area contributed by atoms with Crippen molar-refractivity contribution in [2.75, 3.05) is 32.2 Å². The lowest BCUT2D eigenvalue weighted by Gasteiger charge is -2.39. The van der Waals surface area contributed by atoms with E-state index >= 15 is 0 Å². The molecule has 2 aliphatic rings. The zero-order valence-corrected chi connectivity index (χ0v) is 17.2. The van der Waals surface area contributed by atoms with Crippen LogP contribution in [0.5, 0.6) is 5.75 Å². The lowest BCUT2D eigenvalue weighted by Crippen LogP contribution is -2.44. The number of benzene rings is 1. The Balaban J connectivity index is 1.79. The third-order valence-electron chi connectivity index (χ3n) is 6.38. The summed E-state index contributed by atoms with van der Waals surface area (Å²) in [5.41, 5.74) is 1.39. The van der Waals surface area contributed by atoms with E-state index in [2.05, 4.69) is 51.7 Å².